The van der Waals surface area contributed by atoms with E-state index in [1.807, 2.05) is 72.9 Å². The largest absolute Gasteiger partial charge is 0.301 e. The summed E-state index contributed by atoms with van der Waals surface area (Å²) in [4.78, 5) is 9.67. The number of nitrogens with zero attached hydrogens (tertiary/aromatic N) is 3. The van der Waals surface area contributed by atoms with Crippen LogP contribution in [-0.2, 0) is 0 Å². The number of fused-ring (bicyclic) bond motifs is 2. The lowest BCUT2D eigenvalue weighted by atomic mass is 10.2. The summed E-state index contributed by atoms with van der Waals surface area (Å²) in [5, 5.41) is 2.83. The quantitative estimate of drug-likeness (QED) is 0.395. The monoisotopic (exact) mass is 355 g/mol. The molecule has 2 heterocycles. The van der Waals surface area contributed by atoms with Crippen molar-refractivity contribution >= 4 is 33.4 Å². The molecule has 0 unspecified atom stereocenters. The van der Waals surface area contributed by atoms with Crippen molar-refractivity contribution in [3.8, 4) is 17.2 Å². The second kappa shape index (κ2) is 5.97. The lowest BCUT2D eigenvalue weighted by molar-refractivity contribution is 1.04. The van der Waals surface area contributed by atoms with E-state index in [1.54, 1.807) is 0 Å². The van der Waals surface area contributed by atoms with E-state index < -0.39 is 0 Å². The zero-order chi connectivity index (χ0) is 17.5. The van der Waals surface area contributed by atoms with Gasteiger partial charge in [0.25, 0.3) is 0 Å². The number of hydrogen-bond donors (Lipinski definition) is 0. The topological polar surface area (TPSA) is 30.7 Å². The maximum atomic E-state index is 6.14. The number of rotatable bonds is 2. The Balaban J connectivity index is 1.83. The fourth-order valence-electron chi connectivity index (χ4n) is 3.26. The highest BCUT2D eigenvalue weighted by Gasteiger charge is 2.12. The third-order valence-electron chi connectivity index (χ3n) is 4.50. The summed E-state index contributed by atoms with van der Waals surface area (Å²) in [6.45, 7) is 0. The van der Waals surface area contributed by atoms with Crippen molar-refractivity contribution in [2.24, 2.45) is 0 Å². The lowest BCUT2D eigenvalue weighted by Crippen LogP contribution is -2.01. The molecule has 5 aromatic rings. The summed E-state index contributed by atoms with van der Waals surface area (Å²) in [6, 6.07) is 26.1. The summed E-state index contributed by atoms with van der Waals surface area (Å²) in [6.07, 6.45) is 2.03. The van der Waals surface area contributed by atoms with Gasteiger partial charge in [0.2, 0.25) is 0 Å². The van der Waals surface area contributed by atoms with Gasteiger partial charge in [-0.25, -0.2) is 9.97 Å². The van der Waals surface area contributed by atoms with Crippen LogP contribution >= 0.6 is 11.6 Å². The molecular formula is C22H14ClN3. The van der Waals surface area contributed by atoms with Gasteiger partial charge in [-0.1, -0.05) is 54.1 Å². The van der Waals surface area contributed by atoms with Crippen LogP contribution in [0.2, 0.25) is 5.02 Å². The first-order chi connectivity index (χ1) is 12.8. The molecule has 0 saturated carbocycles. The molecule has 0 saturated heterocycles. The molecule has 26 heavy (non-hydrogen) atoms. The van der Waals surface area contributed by atoms with Crippen molar-refractivity contribution in [1.29, 1.82) is 0 Å². The van der Waals surface area contributed by atoms with Crippen LogP contribution in [0.25, 0.3) is 39.0 Å². The molecule has 0 atom stereocenters. The molecule has 0 amide bonds. The van der Waals surface area contributed by atoms with E-state index in [2.05, 4.69) is 16.7 Å². The van der Waals surface area contributed by atoms with Crippen LogP contribution in [0.1, 0.15) is 0 Å². The molecule has 0 spiro atoms. The maximum Gasteiger partial charge on any atom is 0.162 e. The number of halogens is 1. The lowest BCUT2D eigenvalue weighted by Gasteiger charge is -2.11. The highest BCUT2D eigenvalue weighted by molar-refractivity contribution is 6.31. The minimum Gasteiger partial charge on any atom is -0.301 e. The van der Waals surface area contributed by atoms with Crippen molar-refractivity contribution in [2.75, 3.05) is 0 Å². The molecule has 3 nitrogen and oxygen atoms in total. The standard InChI is InChI=1S/C22H14ClN3/c23-17-10-11-20-16(14-17)12-13-26(20)22-18-8-4-5-9-19(18)24-21(25-22)15-6-2-1-3-7-15/h1-14H. The van der Waals surface area contributed by atoms with Crippen LogP contribution in [-0.4, -0.2) is 14.5 Å². The van der Waals surface area contributed by atoms with Gasteiger partial charge in [0, 0.05) is 27.6 Å². The van der Waals surface area contributed by atoms with E-state index in [-0.39, 0.29) is 0 Å². The molecule has 0 aliphatic rings. The maximum absolute atomic E-state index is 6.14. The van der Waals surface area contributed by atoms with Gasteiger partial charge in [0.05, 0.1) is 11.0 Å². The normalized spacial score (nSPS) is 11.3. The number of para-hydroxylation sites is 1. The molecule has 2 aromatic heterocycles. The van der Waals surface area contributed by atoms with Gasteiger partial charge < -0.3 is 4.57 Å². The Morgan fingerprint density at radius 2 is 1.58 bits per heavy atom. The van der Waals surface area contributed by atoms with Gasteiger partial charge in [-0.05, 0) is 36.4 Å². The van der Waals surface area contributed by atoms with Crippen molar-refractivity contribution < 1.29 is 0 Å². The van der Waals surface area contributed by atoms with Crippen LogP contribution in [0.15, 0.2) is 85.1 Å². The molecule has 0 fully saturated rings. The Morgan fingerprint density at radius 3 is 2.46 bits per heavy atom. The van der Waals surface area contributed by atoms with Gasteiger partial charge in [0.15, 0.2) is 5.82 Å². The van der Waals surface area contributed by atoms with E-state index in [0.29, 0.717) is 0 Å². The van der Waals surface area contributed by atoms with E-state index >= 15 is 0 Å². The molecule has 3 aromatic carbocycles. The Bertz CT molecular complexity index is 1240. The Morgan fingerprint density at radius 1 is 0.769 bits per heavy atom. The molecule has 4 heteroatoms. The fraction of sp³-hybridized carbons (Fsp3) is 0. The molecule has 5 rings (SSSR count). The third-order valence-corrected chi connectivity index (χ3v) is 4.73. The minimum absolute atomic E-state index is 0.718. The Hall–Kier alpha value is -3.17. The molecule has 0 N–H and O–H groups in total. The van der Waals surface area contributed by atoms with Gasteiger partial charge in [0.1, 0.15) is 5.82 Å². The molecule has 0 aliphatic carbocycles. The summed E-state index contributed by atoms with van der Waals surface area (Å²) in [5.41, 5.74) is 2.99. The molecule has 0 bridgehead atoms. The van der Waals surface area contributed by atoms with Crippen LogP contribution in [0.3, 0.4) is 0 Å². The second-order valence-corrected chi connectivity index (χ2v) is 6.58. The molecular weight excluding hydrogens is 342 g/mol. The molecule has 0 radical (unpaired) electrons. The van der Waals surface area contributed by atoms with Gasteiger partial charge in [-0.2, -0.15) is 0 Å². The van der Waals surface area contributed by atoms with E-state index in [0.717, 1.165) is 44.0 Å². The van der Waals surface area contributed by atoms with Crippen molar-refractivity contribution in [3.63, 3.8) is 0 Å². The predicted octanol–water partition coefficient (Wildman–Crippen LogP) is 5.89. The Labute approximate surface area is 155 Å². The van der Waals surface area contributed by atoms with Crippen LogP contribution < -0.4 is 0 Å². The summed E-state index contributed by atoms with van der Waals surface area (Å²) < 4.78 is 2.10. The second-order valence-electron chi connectivity index (χ2n) is 6.14. The summed E-state index contributed by atoms with van der Waals surface area (Å²) in [7, 11) is 0. The van der Waals surface area contributed by atoms with Gasteiger partial charge in [-0.15, -0.1) is 0 Å². The SMILES string of the molecule is Clc1ccc2c(ccn2-c2nc(-c3ccccc3)nc3ccccc23)c1. The zero-order valence-corrected chi connectivity index (χ0v) is 14.6. The fourth-order valence-corrected chi connectivity index (χ4v) is 3.44. The van der Waals surface area contributed by atoms with E-state index in [4.69, 9.17) is 21.6 Å². The van der Waals surface area contributed by atoms with E-state index in [1.165, 1.54) is 0 Å². The third kappa shape index (κ3) is 2.45. The first kappa shape index (κ1) is 15.1. The first-order valence-electron chi connectivity index (χ1n) is 8.39. The number of hydrogen-bond acceptors (Lipinski definition) is 2. The zero-order valence-electron chi connectivity index (χ0n) is 13.8. The summed E-state index contributed by atoms with van der Waals surface area (Å²) in [5.74, 6) is 1.59. The molecule has 124 valence electrons. The highest BCUT2D eigenvalue weighted by Crippen LogP contribution is 2.28. The van der Waals surface area contributed by atoms with Crippen molar-refractivity contribution in [2.45, 2.75) is 0 Å². The summed E-state index contributed by atoms with van der Waals surface area (Å²) >= 11 is 6.14. The number of aromatic nitrogens is 3. The first-order valence-corrected chi connectivity index (χ1v) is 8.76. The van der Waals surface area contributed by atoms with Crippen LogP contribution in [0.4, 0.5) is 0 Å². The van der Waals surface area contributed by atoms with Gasteiger partial charge in [-0.3, -0.25) is 0 Å². The predicted molar refractivity (Wildman–Crippen MR) is 107 cm³/mol. The Kier molecular flexibility index (Phi) is 3.47. The highest BCUT2D eigenvalue weighted by atomic mass is 35.5. The van der Waals surface area contributed by atoms with Crippen LogP contribution in [0, 0.1) is 0 Å². The van der Waals surface area contributed by atoms with E-state index in [9.17, 15) is 0 Å². The molecule has 0 aliphatic heterocycles. The van der Waals surface area contributed by atoms with Crippen molar-refractivity contribution in [3.05, 3.63) is 90.1 Å². The van der Waals surface area contributed by atoms with Crippen molar-refractivity contribution in [1.82, 2.24) is 14.5 Å². The smallest absolute Gasteiger partial charge is 0.162 e. The van der Waals surface area contributed by atoms with Gasteiger partial charge >= 0.3 is 0 Å². The van der Waals surface area contributed by atoms with Crippen LogP contribution in [0.5, 0.6) is 0 Å². The number of benzene rings is 3. The average Bonchev–Trinajstić information content (AvgIpc) is 3.10. The average molecular weight is 356 g/mol. The minimum atomic E-state index is 0.718.